The number of carbonyl (C=O) groups excluding carboxylic acids is 2. The van der Waals surface area contributed by atoms with Crippen LogP contribution in [0, 0.1) is 0 Å². The Hall–Kier alpha value is -2.65. The van der Waals surface area contributed by atoms with Crippen LogP contribution in [0.15, 0.2) is 65.6 Å². The molecule has 4 rings (SSSR count). The lowest BCUT2D eigenvalue weighted by molar-refractivity contribution is -0.141. The van der Waals surface area contributed by atoms with Crippen LogP contribution < -0.4 is 5.32 Å². The number of likely N-dealkylation sites (N-methyl/N-ethyl adjacent to an activating group) is 1. The molecule has 0 aliphatic heterocycles. The van der Waals surface area contributed by atoms with Gasteiger partial charge in [0.05, 0.1) is 11.4 Å². The Morgan fingerprint density at radius 1 is 0.950 bits per heavy atom. The van der Waals surface area contributed by atoms with E-state index in [2.05, 4.69) is 5.32 Å². The van der Waals surface area contributed by atoms with E-state index in [1.807, 2.05) is 31.2 Å². The summed E-state index contributed by atoms with van der Waals surface area (Å²) in [6, 6.07) is 16.6. The lowest BCUT2D eigenvalue weighted by atomic mass is 9.95. The van der Waals surface area contributed by atoms with Crippen LogP contribution in [0.25, 0.3) is 10.8 Å². The molecule has 1 fully saturated rings. The van der Waals surface area contributed by atoms with Crippen molar-refractivity contribution in [2.75, 3.05) is 13.6 Å². The van der Waals surface area contributed by atoms with Crippen molar-refractivity contribution in [3.63, 3.8) is 0 Å². The van der Waals surface area contributed by atoms with Gasteiger partial charge >= 0.3 is 0 Å². The number of amides is 2. The predicted octanol–water partition coefficient (Wildman–Crippen LogP) is 6.02. The third kappa shape index (κ3) is 6.97. The van der Waals surface area contributed by atoms with Crippen LogP contribution in [0.2, 0.25) is 10.0 Å². The molecule has 0 unspecified atom stereocenters. The van der Waals surface area contributed by atoms with Crippen molar-refractivity contribution in [3.8, 4) is 0 Å². The molecule has 0 aromatic heterocycles. The molecule has 2 amide bonds. The minimum atomic E-state index is -3.99. The summed E-state index contributed by atoms with van der Waals surface area (Å²) in [4.78, 5) is 28.8. The molecule has 214 valence electrons. The highest BCUT2D eigenvalue weighted by molar-refractivity contribution is 7.89. The maximum atomic E-state index is 13.8. The van der Waals surface area contributed by atoms with Gasteiger partial charge < -0.3 is 10.2 Å². The van der Waals surface area contributed by atoms with Crippen molar-refractivity contribution in [1.29, 1.82) is 0 Å². The van der Waals surface area contributed by atoms with Gasteiger partial charge in [-0.3, -0.25) is 9.59 Å². The Bertz CT molecular complexity index is 1450. The quantitative estimate of drug-likeness (QED) is 0.307. The summed E-state index contributed by atoms with van der Waals surface area (Å²) >= 11 is 12.9. The lowest BCUT2D eigenvalue weighted by Crippen LogP contribution is -2.53. The summed E-state index contributed by atoms with van der Waals surface area (Å²) in [5.74, 6) is -0.778. The number of rotatable bonds is 10. The van der Waals surface area contributed by atoms with Gasteiger partial charge in [0.2, 0.25) is 21.8 Å². The number of nitrogens with one attached hydrogen (secondary N) is 1. The van der Waals surface area contributed by atoms with Gasteiger partial charge in [-0.1, -0.05) is 85.8 Å². The van der Waals surface area contributed by atoms with Crippen molar-refractivity contribution in [2.24, 2.45) is 0 Å². The number of sulfonamides is 1. The van der Waals surface area contributed by atoms with Crippen LogP contribution in [0.3, 0.4) is 0 Å². The Morgan fingerprint density at radius 2 is 1.60 bits per heavy atom. The van der Waals surface area contributed by atoms with Crippen molar-refractivity contribution < 1.29 is 18.0 Å². The molecule has 0 spiro atoms. The molecule has 40 heavy (non-hydrogen) atoms. The molecule has 0 saturated heterocycles. The summed E-state index contributed by atoms with van der Waals surface area (Å²) in [5, 5.41) is 5.54. The SMILES string of the molecule is CC[C@H](C(=O)NC1CCCCC1)N(Cc1c(Cl)cccc1Cl)C(=O)CN(C)S(=O)(=O)c1ccc2ccccc2c1. The second-order valence-electron chi connectivity index (χ2n) is 10.3. The van der Waals surface area contributed by atoms with E-state index in [4.69, 9.17) is 23.2 Å². The van der Waals surface area contributed by atoms with Gasteiger partial charge in [0.25, 0.3) is 0 Å². The molecule has 0 radical (unpaired) electrons. The molecule has 0 bridgehead atoms. The molecule has 1 saturated carbocycles. The number of carbonyl (C=O) groups is 2. The smallest absolute Gasteiger partial charge is 0.243 e. The Labute approximate surface area is 246 Å². The first kappa shape index (κ1) is 30.3. The molecule has 1 aliphatic rings. The zero-order valence-corrected chi connectivity index (χ0v) is 25.1. The first-order chi connectivity index (χ1) is 19.1. The van der Waals surface area contributed by atoms with E-state index in [-0.39, 0.29) is 23.4 Å². The largest absolute Gasteiger partial charge is 0.352 e. The topological polar surface area (TPSA) is 86.8 Å². The van der Waals surface area contributed by atoms with Crippen LogP contribution >= 0.6 is 23.2 Å². The molecule has 3 aromatic carbocycles. The molecule has 1 atom stereocenters. The van der Waals surface area contributed by atoms with Crippen LogP contribution in [0.1, 0.15) is 51.0 Å². The minimum Gasteiger partial charge on any atom is -0.352 e. The number of nitrogens with zero attached hydrogens (tertiary/aromatic N) is 2. The average molecular weight is 605 g/mol. The zero-order chi connectivity index (χ0) is 28.9. The number of benzene rings is 3. The molecule has 1 aliphatic carbocycles. The van der Waals surface area contributed by atoms with E-state index in [0.717, 1.165) is 47.2 Å². The monoisotopic (exact) mass is 603 g/mol. The molecular weight excluding hydrogens is 569 g/mol. The summed E-state index contributed by atoms with van der Waals surface area (Å²) < 4.78 is 28.0. The number of halogens is 2. The van der Waals surface area contributed by atoms with Crippen molar-refractivity contribution in [2.45, 2.75) is 69.0 Å². The summed E-state index contributed by atoms with van der Waals surface area (Å²) in [6.07, 6.45) is 5.40. The van der Waals surface area contributed by atoms with Crippen LogP contribution in [0.4, 0.5) is 0 Å². The van der Waals surface area contributed by atoms with E-state index in [1.54, 1.807) is 30.3 Å². The van der Waals surface area contributed by atoms with Gasteiger partial charge in [0.1, 0.15) is 6.04 Å². The second-order valence-corrected chi connectivity index (χ2v) is 13.1. The van der Waals surface area contributed by atoms with Gasteiger partial charge in [0, 0.05) is 35.2 Å². The van der Waals surface area contributed by atoms with Crippen LogP contribution in [0.5, 0.6) is 0 Å². The first-order valence-corrected chi connectivity index (χ1v) is 15.8. The second kappa shape index (κ2) is 13.3. The standard InChI is InChI=1S/C30H35Cl2N3O4S/c1-3-28(30(37)33-23-12-5-4-6-13-23)35(19-25-26(31)14-9-15-27(25)32)29(36)20-34(2)40(38,39)24-17-16-21-10-7-8-11-22(21)18-24/h7-11,14-18,23,28H,3-6,12-13,19-20H2,1-2H3,(H,33,37)/t28-/m1/s1. The first-order valence-electron chi connectivity index (χ1n) is 13.6. The van der Waals surface area contributed by atoms with Gasteiger partial charge in [-0.2, -0.15) is 4.31 Å². The van der Waals surface area contributed by atoms with E-state index < -0.39 is 28.5 Å². The molecular formula is C30H35Cl2N3O4S. The maximum Gasteiger partial charge on any atom is 0.243 e. The molecule has 1 N–H and O–H groups in total. The van der Waals surface area contributed by atoms with E-state index in [0.29, 0.717) is 22.0 Å². The molecule has 10 heteroatoms. The Morgan fingerprint density at radius 3 is 2.25 bits per heavy atom. The highest BCUT2D eigenvalue weighted by atomic mass is 35.5. The Balaban J connectivity index is 1.60. The minimum absolute atomic E-state index is 0.0300. The highest BCUT2D eigenvalue weighted by Gasteiger charge is 2.33. The van der Waals surface area contributed by atoms with Crippen molar-refractivity contribution >= 4 is 55.8 Å². The zero-order valence-electron chi connectivity index (χ0n) is 22.8. The molecule has 7 nitrogen and oxygen atoms in total. The number of hydrogen-bond donors (Lipinski definition) is 1. The van der Waals surface area contributed by atoms with Gasteiger partial charge in [0.15, 0.2) is 0 Å². The summed E-state index contributed by atoms with van der Waals surface area (Å²) in [7, 11) is -2.62. The van der Waals surface area contributed by atoms with Crippen LogP contribution in [-0.2, 0) is 26.2 Å². The third-order valence-electron chi connectivity index (χ3n) is 7.51. The van der Waals surface area contributed by atoms with E-state index in [9.17, 15) is 18.0 Å². The fourth-order valence-electron chi connectivity index (χ4n) is 5.19. The van der Waals surface area contributed by atoms with Gasteiger partial charge in [-0.15, -0.1) is 0 Å². The van der Waals surface area contributed by atoms with Crippen LogP contribution in [-0.4, -0.2) is 55.1 Å². The van der Waals surface area contributed by atoms with Gasteiger partial charge in [-0.25, -0.2) is 8.42 Å². The lowest BCUT2D eigenvalue weighted by Gasteiger charge is -2.34. The number of hydrogen-bond acceptors (Lipinski definition) is 4. The average Bonchev–Trinajstić information content (AvgIpc) is 2.94. The molecule has 0 heterocycles. The highest BCUT2D eigenvalue weighted by Crippen LogP contribution is 2.28. The van der Waals surface area contributed by atoms with E-state index >= 15 is 0 Å². The van der Waals surface area contributed by atoms with Gasteiger partial charge in [-0.05, 0) is 54.3 Å². The summed E-state index contributed by atoms with van der Waals surface area (Å²) in [6.45, 7) is 1.34. The van der Waals surface area contributed by atoms with Crippen molar-refractivity contribution in [1.82, 2.24) is 14.5 Å². The summed E-state index contributed by atoms with van der Waals surface area (Å²) in [5.41, 5.74) is 0.503. The maximum absolute atomic E-state index is 13.8. The van der Waals surface area contributed by atoms with E-state index in [1.165, 1.54) is 18.0 Å². The fraction of sp³-hybridized carbons (Fsp3) is 0.400. The predicted molar refractivity (Wildman–Crippen MR) is 160 cm³/mol. The number of fused-ring (bicyclic) bond motifs is 1. The Kier molecular flexibility index (Phi) is 10.1. The normalized spacial score (nSPS) is 15.2. The van der Waals surface area contributed by atoms with Crippen molar-refractivity contribution in [3.05, 3.63) is 76.3 Å². The molecule has 3 aromatic rings. The fourth-order valence-corrected chi connectivity index (χ4v) is 6.86. The third-order valence-corrected chi connectivity index (χ3v) is 10.0.